The lowest BCUT2D eigenvalue weighted by molar-refractivity contribution is -0.144. The topological polar surface area (TPSA) is 72.0 Å². The van der Waals surface area contributed by atoms with Gasteiger partial charge in [0.1, 0.15) is 12.4 Å². The molecule has 1 atom stereocenters. The maximum atomic E-state index is 11.3. The van der Waals surface area contributed by atoms with Crippen LogP contribution in [0.5, 0.6) is 5.75 Å². The predicted octanol–water partition coefficient (Wildman–Crippen LogP) is 1.35. The van der Waals surface area contributed by atoms with Gasteiger partial charge in [0, 0.05) is 13.6 Å². The summed E-state index contributed by atoms with van der Waals surface area (Å²) < 4.78 is 10.3. The molecule has 2 N–H and O–H groups in total. The van der Waals surface area contributed by atoms with Crippen molar-refractivity contribution in [2.45, 2.75) is 13.8 Å². The lowest BCUT2D eigenvalue weighted by Gasteiger charge is -2.15. The van der Waals surface area contributed by atoms with Crippen molar-refractivity contribution in [3.05, 3.63) is 29.8 Å². The Labute approximate surface area is 131 Å². The molecule has 0 saturated heterocycles. The molecule has 6 heteroatoms. The second-order valence-corrected chi connectivity index (χ2v) is 4.97. The minimum Gasteiger partial charge on any atom is -0.492 e. The third kappa shape index (κ3) is 6.47. The third-order valence-corrected chi connectivity index (χ3v) is 3.09. The van der Waals surface area contributed by atoms with E-state index in [0.29, 0.717) is 25.7 Å². The smallest absolute Gasteiger partial charge is 0.310 e. The van der Waals surface area contributed by atoms with Crippen molar-refractivity contribution in [2.24, 2.45) is 10.9 Å². The minimum absolute atomic E-state index is 0.229. The SMILES string of the molecule is CN=C(NCCOc1ccc(C)cc1)NCC(C)C(=O)OC. The number of nitrogens with one attached hydrogen (secondary N) is 2. The molecule has 1 aromatic carbocycles. The number of esters is 1. The van der Waals surface area contributed by atoms with Crippen molar-refractivity contribution >= 4 is 11.9 Å². The van der Waals surface area contributed by atoms with Gasteiger partial charge in [-0.1, -0.05) is 24.6 Å². The predicted molar refractivity (Wildman–Crippen MR) is 87.2 cm³/mol. The van der Waals surface area contributed by atoms with Crippen LogP contribution in [0.15, 0.2) is 29.3 Å². The monoisotopic (exact) mass is 307 g/mol. The Balaban J connectivity index is 2.24. The highest BCUT2D eigenvalue weighted by atomic mass is 16.5. The molecule has 0 aliphatic carbocycles. The Morgan fingerprint density at radius 2 is 1.95 bits per heavy atom. The molecule has 0 amide bonds. The second kappa shape index (κ2) is 9.65. The van der Waals surface area contributed by atoms with E-state index in [1.54, 1.807) is 14.0 Å². The number of guanidine groups is 1. The molecule has 0 aromatic heterocycles. The van der Waals surface area contributed by atoms with Gasteiger partial charge in [-0.25, -0.2) is 0 Å². The quantitative estimate of drug-likeness (QED) is 0.344. The summed E-state index contributed by atoms with van der Waals surface area (Å²) in [5.41, 5.74) is 1.20. The van der Waals surface area contributed by atoms with E-state index in [1.165, 1.54) is 12.7 Å². The fraction of sp³-hybridized carbons (Fsp3) is 0.500. The first kappa shape index (κ1) is 17.8. The highest BCUT2D eigenvalue weighted by Gasteiger charge is 2.13. The highest BCUT2D eigenvalue weighted by molar-refractivity contribution is 5.80. The molecule has 0 spiro atoms. The van der Waals surface area contributed by atoms with Gasteiger partial charge in [0.05, 0.1) is 19.6 Å². The number of ether oxygens (including phenoxy) is 2. The Hall–Kier alpha value is -2.24. The van der Waals surface area contributed by atoms with E-state index in [4.69, 9.17) is 4.74 Å². The summed E-state index contributed by atoms with van der Waals surface area (Å²) in [6.45, 7) is 5.44. The molecular formula is C16H25N3O3. The van der Waals surface area contributed by atoms with Gasteiger partial charge in [0.15, 0.2) is 5.96 Å². The van der Waals surface area contributed by atoms with Crippen LogP contribution in [0.3, 0.4) is 0 Å². The van der Waals surface area contributed by atoms with Gasteiger partial charge in [-0.15, -0.1) is 0 Å². The fourth-order valence-corrected chi connectivity index (χ4v) is 1.73. The van der Waals surface area contributed by atoms with Crippen LogP contribution in [0, 0.1) is 12.8 Å². The van der Waals surface area contributed by atoms with Crippen molar-refractivity contribution < 1.29 is 14.3 Å². The maximum Gasteiger partial charge on any atom is 0.310 e. The van der Waals surface area contributed by atoms with Gasteiger partial charge in [-0.05, 0) is 19.1 Å². The highest BCUT2D eigenvalue weighted by Crippen LogP contribution is 2.10. The molecule has 0 bridgehead atoms. The summed E-state index contributed by atoms with van der Waals surface area (Å²) in [4.78, 5) is 15.4. The number of aryl methyl sites for hydroxylation is 1. The van der Waals surface area contributed by atoms with Crippen LogP contribution >= 0.6 is 0 Å². The lowest BCUT2D eigenvalue weighted by atomic mass is 10.2. The Morgan fingerprint density at radius 3 is 2.55 bits per heavy atom. The molecule has 122 valence electrons. The van der Waals surface area contributed by atoms with Gasteiger partial charge in [-0.2, -0.15) is 0 Å². The number of hydrogen-bond acceptors (Lipinski definition) is 4. The molecule has 1 unspecified atom stereocenters. The van der Waals surface area contributed by atoms with Gasteiger partial charge >= 0.3 is 5.97 Å². The van der Waals surface area contributed by atoms with Crippen molar-refractivity contribution in [2.75, 3.05) is 33.9 Å². The van der Waals surface area contributed by atoms with Gasteiger partial charge in [0.25, 0.3) is 0 Å². The number of carbonyl (C=O) groups is 1. The molecule has 0 saturated carbocycles. The number of hydrogen-bond donors (Lipinski definition) is 2. The molecule has 22 heavy (non-hydrogen) atoms. The molecule has 1 rings (SSSR count). The van der Waals surface area contributed by atoms with Crippen molar-refractivity contribution in [3.63, 3.8) is 0 Å². The normalized spacial score (nSPS) is 12.5. The summed E-state index contributed by atoms with van der Waals surface area (Å²) in [7, 11) is 3.06. The third-order valence-electron chi connectivity index (χ3n) is 3.09. The van der Waals surface area contributed by atoms with E-state index < -0.39 is 0 Å². The summed E-state index contributed by atoms with van der Waals surface area (Å²) in [6.07, 6.45) is 0. The van der Waals surface area contributed by atoms with Crippen LogP contribution in [0.4, 0.5) is 0 Å². The van der Waals surface area contributed by atoms with Crippen LogP contribution in [0.1, 0.15) is 12.5 Å². The Bertz CT molecular complexity index is 486. The summed E-state index contributed by atoms with van der Waals surface area (Å²) in [5.74, 6) is 0.996. The first-order chi connectivity index (χ1) is 10.6. The van der Waals surface area contributed by atoms with Crippen LogP contribution in [-0.4, -0.2) is 45.8 Å². The molecule has 0 heterocycles. The zero-order valence-electron chi connectivity index (χ0n) is 13.7. The average Bonchev–Trinajstić information content (AvgIpc) is 2.54. The zero-order chi connectivity index (χ0) is 16.4. The largest absolute Gasteiger partial charge is 0.492 e. The van der Waals surface area contributed by atoms with E-state index in [-0.39, 0.29) is 11.9 Å². The maximum absolute atomic E-state index is 11.3. The van der Waals surface area contributed by atoms with E-state index in [2.05, 4.69) is 20.4 Å². The molecule has 0 radical (unpaired) electrons. The second-order valence-electron chi connectivity index (χ2n) is 4.97. The molecule has 1 aromatic rings. The molecule has 0 aliphatic heterocycles. The van der Waals surface area contributed by atoms with Crippen molar-refractivity contribution in [1.29, 1.82) is 0 Å². The number of methoxy groups -OCH3 is 1. The van der Waals surface area contributed by atoms with E-state index >= 15 is 0 Å². The number of benzene rings is 1. The van der Waals surface area contributed by atoms with E-state index in [0.717, 1.165) is 5.75 Å². The number of nitrogens with zero attached hydrogens (tertiary/aromatic N) is 1. The van der Waals surface area contributed by atoms with Crippen LogP contribution in [0.25, 0.3) is 0 Å². The average molecular weight is 307 g/mol. The number of rotatable bonds is 7. The Kier molecular flexibility index (Phi) is 7.81. The van der Waals surface area contributed by atoms with E-state index in [1.807, 2.05) is 31.2 Å². The van der Waals surface area contributed by atoms with Crippen LogP contribution in [-0.2, 0) is 9.53 Å². The number of carbonyl (C=O) groups excluding carboxylic acids is 1. The van der Waals surface area contributed by atoms with Gasteiger partial charge < -0.3 is 20.1 Å². The fourth-order valence-electron chi connectivity index (χ4n) is 1.73. The Morgan fingerprint density at radius 1 is 1.27 bits per heavy atom. The first-order valence-corrected chi connectivity index (χ1v) is 7.28. The summed E-state index contributed by atoms with van der Waals surface area (Å²) >= 11 is 0. The van der Waals surface area contributed by atoms with E-state index in [9.17, 15) is 4.79 Å². The summed E-state index contributed by atoms with van der Waals surface area (Å²) in [6, 6.07) is 7.91. The lowest BCUT2D eigenvalue weighted by Crippen LogP contribution is -2.42. The molecule has 0 fully saturated rings. The zero-order valence-corrected chi connectivity index (χ0v) is 13.7. The first-order valence-electron chi connectivity index (χ1n) is 7.28. The molecular weight excluding hydrogens is 282 g/mol. The van der Waals surface area contributed by atoms with Gasteiger partial charge in [-0.3, -0.25) is 9.79 Å². The van der Waals surface area contributed by atoms with Crippen molar-refractivity contribution in [1.82, 2.24) is 10.6 Å². The van der Waals surface area contributed by atoms with Crippen LogP contribution < -0.4 is 15.4 Å². The summed E-state index contributed by atoms with van der Waals surface area (Å²) in [5, 5.41) is 6.20. The number of aliphatic imine (C=N–C) groups is 1. The van der Waals surface area contributed by atoms with Crippen molar-refractivity contribution in [3.8, 4) is 5.75 Å². The van der Waals surface area contributed by atoms with Crippen LogP contribution in [0.2, 0.25) is 0 Å². The van der Waals surface area contributed by atoms with Gasteiger partial charge in [0.2, 0.25) is 0 Å². The minimum atomic E-state index is -0.245. The standard InChI is InChI=1S/C16H25N3O3/c1-12-5-7-14(8-6-12)22-10-9-18-16(17-3)19-11-13(2)15(20)21-4/h5-8,13H,9-11H2,1-4H3,(H2,17,18,19). The molecule has 0 aliphatic rings. The molecule has 6 nitrogen and oxygen atoms in total.